The summed E-state index contributed by atoms with van der Waals surface area (Å²) < 4.78 is 0. The van der Waals surface area contributed by atoms with Crippen LogP contribution in [0.25, 0.3) is 0 Å². The highest BCUT2D eigenvalue weighted by Crippen LogP contribution is 2.69. The molecular formula is C23H34O3. The lowest BCUT2D eigenvalue weighted by atomic mass is 9.48. The predicted molar refractivity (Wildman–Crippen MR) is 102 cm³/mol. The van der Waals surface area contributed by atoms with Crippen LogP contribution in [0.15, 0.2) is 23.3 Å². The van der Waals surface area contributed by atoms with E-state index in [1.807, 2.05) is 0 Å². The quantitative estimate of drug-likeness (QED) is 0.732. The van der Waals surface area contributed by atoms with E-state index in [1.54, 1.807) is 5.57 Å². The number of aliphatic hydroxyl groups is 2. The third-order valence-corrected chi connectivity index (χ3v) is 9.36. The molecule has 4 aliphatic rings. The molecular weight excluding hydrogens is 324 g/mol. The molecule has 0 amide bonds. The van der Waals surface area contributed by atoms with Crippen LogP contribution in [0.4, 0.5) is 0 Å². The predicted octanol–water partition coefficient (Wildman–Crippen LogP) is 4.04. The van der Waals surface area contributed by atoms with Crippen molar-refractivity contribution in [1.82, 2.24) is 0 Å². The highest BCUT2D eigenvalue weighted by molar-refractivity contribution is 5.87. The summed E-state index contributed by atoms with van der Waals surface area (Å²) in [7, 11) is 0. The molecule has 2 fully saturated rings. The molecule has 0 aromatic carbocycles. The van der Waals surface area contributed by atoms with E-state index in [0.717, 1.165) is 38.5 Å². The number of hydrogen-bond acceptors (Lipinski definition) is 3. The first-order valence-electron chi connectivity index (χ1n) is 10.4. The Morgan fingerprint density at radius 1 is 1.27 bits per heavy atom. The van der Waals surface area contributed by atoms with Crippen molar-refractivity contribution in [2.75, 3.05) is 6.61 Å². The Morgan fingerprint density at radius 2 is 2.00 bits per heavy atom. The number of hydrogen-bond donors (Lipinski definition) is 2. The summed E-state index contributed by atoms with van der Waals surface area (Å²) >= 11 is 0. The largest absolute Gasteiger partial charge is 0.389 e. The van der Waals surface area contributed by atoms with Gasteiger partial charge in [-0.15, -0.1) is 0 Å². The van der Waals surface area contributed by atoms with Crippen molar-refractivity contribution in [2.45, 2.75) is 72.3 Å². The van der Waals surface area contributed by atoms with Gasteiger partial charge in [-0.25, -0.2) is 0 Å². The van der Waals surface area contributed by atoms with E-state index < -0.39 is 5.41 Å². The molecule has 3 nitrogen and oxygen atoms in total. The maximum atomic E-state index is 12.8. The monoisotopic (exact) mass is 358 g/mol. The fourth-order valence-electron chi connectivity index (χ4n) is 7.33. The highest BCUT2D eigenvalue weighted by Gasteiger charge is 2.65. The zero-order valence-electron chi connectivity index (χ0n) is 16.7. The standard InChI is InChI=1S/C23H34O3/c1-14-11-19-17-6-5-15-12-16(25)7-9-21(15,2)18(17)8-10-22(19,3)23(14,4)20(26)13-24/h8,12,14,16-17,19,24-25H,5-7,9-11,13H2,1-4H3/t14-,16?,17?,19?,21-,22-,23+/m0/s1. The molecule has 0 aliphatic heterocycles. The molecule has 26 heavy (non-hydrogen) atoms. The van der Waals surface area contributed by atoms with Crippen molar-refractivity contribution < 1.29 is 15.0 Å². The number of fused-ring (bicyclic) bond motifs is 5. The Bertz CT molecular complexity index is 692. The molecule has 3 unspecified atom stereocenters. The van der Waals surface area contributed by atoms with Gasteiger partial charge in [0.2, 0.25) is 0 Å². The Hall–Kier alpha value is -0.930. The molecule has 2 N–H and O–H groups in total. The minimum Gasteiger partial charge on any atom is -0.389 e. The van der Waals surface area contributed by atoms with E-state index in [9.17, 15) is 15.0 Å². The summed E-state index contributed by atoms with van der Waals surface area (Å²) in [6.45, 7) is 8.67. The molecule has 0 aromatic rings. The van der Waals surface area contributed by atoms with Crippen LogP contribution in [0.1, 0.15) is 66.2 Å². The summed E-state index contributed by atoms with van der Waals surface area (Å²) in [5.41, 5.74) is 2.62. The zero-order chi connectivity index (χ0) is 18.9. The van der Waals surface area contributed by atoms with E-state index in [2.05, 4.69) is 39.8 Å². The van der Waals surface area contributed by atoms with Gasteiger partial charge >= 0.3 is 0 Å². The molecule has 7 atom stereocenters. The third-order valence-electron chi connectivity index (χ3n) is 9.36. The first kappa shape index (κ1) is 18.4. The van der Waals surface area contributed by atoms with Gasteiger partial charge in [-0.05, 0) is 61.7 Å². The van der Waals surface area contributed by atoms with Gasteiger partial charge in [0.25, 0.3) is 0 Å². The van der Waals surface area contributed by atoms with Gasteiger partial charge in [0, 0.05) is 10.8 Å². The van der Waals surface area contributed by atoms with Crippen LogP contribution in [-0.4, -0.2) is 28.7 Å². The zero-order valence-corrected chi connectivity index (χ0v) is 16.7. The van der Waals surface area contributed by atoms with E-state index in [0.29, 0.717) is 17.8 Å². The number of rotatable bonds is 2. The Labute approximate surface area is 157 Å². The van der Waals surface area contributed by atoms with Crippen LogP contribution in [0.2, 0.25) is 0 Å². The highest BCUT2D eigenvalue weighted by atomic mass is 16.3. The van der Waals surface area contributed by atoms with E-state index in [-0.39, 0.29) is 29.3 Å². The first-order chi connectivity index (χ1) is 12.2. The van der Waals surface area contributed by atoms with Crippen LogP contribution in [-0.2, 0) is 4.79 Å². The molecule has 144 valence electrons. The average Bonchev–Trinajstić information content (AvgIpc) is 2.83. The van der Waals surface area contributed by atoms with Crippen LogP contribution < -0.4 is 0 Å². The lowest BCUT2D eigenvalue weighted by Crippen LogP contribution is -2.51. The van der Waals surface area contributed by atoms with Crippen LogP contribution in [0.3, 0.4) is 0 Å². The van der Waals surface area contributed by atoms with Gasteiger partial charge < -0.3 is 10.2 Å². The number of carbonyl (C=O) groups is 1. The molecule has 0 spiro atoms. The third kappa shape index (κ3) is 2.10. The van der Waals surface area contributed by atoms with Crippen molar-refractivity contribution in [2.24, 2.45) is 34.0 Å². The summed E-state index contributed by atoms with van der Waals surface area (Å²) in [4.78, 5) is 12.8. The number of carbonyl (C=O) groups excluding carboxylic acids is 1. The first-order valence-corrected chi connectivity index (χ1v) is 10.4. The molecule has 0 radical (unpaired) electrons. The van der Waals surface area contributed by atoms with Crippen molar-refractivity contribution >= 4 is 5.78 Å². The van der Waals surface area contributed by atoms with E-state index in [4.69, 9.17) is 0 Å². The van der Waals surface area contributed by atoms with Gasteiger partial charge in [-0.3, -0.25) is 4.79 Å². The molecule has 4 aliphatic carbocycles. The van der Waals surface area contributed by atoms with E-state index >= 15 is 0 Å². The minimum atomic E-state index is -0.436. The molecule has 2 saturated carbocycles. The fraction of sp³-hybridized carbons (Fsp3) is 0.783. The average molecular weight is 359 g/mol. The number of aliphatic hydroxyl groups excluding tert-OH is 2. The SMILES string of the molecule is C[C@H]1CC2C3CCC4=CC(O)CC[C@]4(C)C3=CC[C@]2(C)[C@@]1(C)C(=O)CO. The smallest absolute Gasteiger partial charge is 0.164 e. The molecule has 4 rings (SSSR count). The molecule has 3 heteroatoms. The van der Waals surface area contributed by atoms with Crippen molar-refractivity contribution in [3.8, 4) is 0 Å². The minimum absolute atomic E-state index is 0.0234. The maximum Gasteiger partial charge on any atom is 0.164 e. The van der Waals surface area contributed by atoms with Gasteiger partial charge in [0.1, 0.15) is 6.61 Å². The van der Waals surface area contributed by atoms with Gasteiger partial charge in [0.15, 0.2) is 5.78 Å². The van der Waals surface area contributed by atoms with E-state index in [1.165, 1.54) is 5.57 Å². The Kier molecular flexibility index (Phi) is 4.10. The molecule has 0 saturated heterocycles. The van der Waals surface area contributed by atoms with Crippen molar-refractivity contribution in [3.05, 3.63) is 23.3 Å². The second kappa shape index (κ2) is 5.78. The fourth-order valence-corrected chi connectivity index (χ4v) is 7.33. The normalized spacial score (nSPS) is 50.2. The Morgan fingerprint density at radius 3 is 2.69 bits per heavy atom. The number of Topliss-reactive ketones (excluding diaryl/α,β-unsaturated/α-hetero) is 1. The summed E-state index contributed by atoms with van der Waals surface area (Å²) in [5.74, 6) is 1.39. The van der Waals surface area contributed by atoms with Crippen LogP contribution in [0, 0.1) is 34.0 Å². The van der Waals surface area contributed by atoms with Crippen molar-refractivity contribution in [1.29, 1.82) is 0 Å². The second-order valence-electron chi connectivity index (χ2n) is 10.1. The Balaban J connectivity index is 1.77. The lowest BCUT2D eigenvalue weighted by Gasteiger charge is -2.55. The molecule has 0 aromatic heterocycles. The van der Waals surface area contributed by atoms with Gasteiger partial charge in [-0.1, -0.05) is 51.0 Å². The molecule has 0 heterocycles. The second-order valence-corrected chi connectivity index (χ2v) is 10.1. The van der Waals surface area contributed by atoms with Crippen molar-refractivity contribution in [3.63, 3.8) is 0 Å². The topological polar surface area (TPSA) is 57.5 Å². The molecule has 0 bridgehead atoms. The van der Waals surface area contributed by atoms with Gasteiger partial charge in [0.05, 0.1) is 6.10 Å². The summed E-state index contributed by atoms with van der Waals surface area (Å²) in [6, 6.07) is 0. The van der Waals surface area contributed by atoms with Crippen LogP contribution >= 0.6 is 0 Å². The summed E-state index contributed by atoms with van der Waals surface area (Å²) in [5, 5.41) is 19.7. The van der Waals surface area contributed by atoms with Crippen LogP contribution in [0.5, 0.6) is 0 Å². The summed E-state index contributed by atoms with van der Waals surface area (Å²) in [6.07, 6.45) is 10.4. The van der Waals surface area contributed by atoms with Gasteiger partial charge in [-0.2, -0.15) is 0 Å². The number of allylic oxidation sites excluding steroid dienone is 3. The maximum absolute atomic E-state index is 12.8. The lowest BCUT2D eigenvalue weighted by molar-refractivity contribution is -0.141. The number of ketones is 1.